The second-order valence-corrected chi connectivity index (χ2v) is 4.54. The van der Waals surface area contributed by atoms with Gasteiger partial charge in [0, 0.05) is 31.5 Å². The molecule has 0 saturated carbocycles. The zero-order valence-corrected chi connectivity index (χ0v) is 11.3. The van der Waals surface area contributed by atoms with Crippen LogP contribution >= 0.6 is 0 Å². The number of pyridine rings is 1. The van der Waals surface area contributed by atoms with Crippen LogP contribution < -0.4 is 5.32 Å². The molecule has 1 heterocycles. The summed E-state index contributed by atoms with van der Waals surface area (Å²) >= 11 is 0. The Kier molecular flexibility index (Phi) is 6.82. The Balaban J connectivity index is 2.38. The molecule has 0 saturated heterocycles. The number of aromatic nitrogens is 1. The molecule has 3 nitrogen and oxygen atoms in total. The highest BCUT2D eigenvalue weighted by atomic mass is 15.1. The SMILES string of the molecule is CCCNC(C)CN(CC)Cc1ccncc1. The summed E-state index contributed by atoms with van der Waals surface area (Å²) in [5, 5.41) is 3.53. The molecule has 0 aliphatic heterocycles. The van der Waals surface area contributed by atoms with Crippen LogP contribution in [0.2, 0.25) is 0 Å². The fourth-order valence-corrected chi connectivity index (χ4v) is 1.89. The molecule has 0 aliphatic rings. The van der Waals surface area contributed by atoms with Gasteiger partial charge in [0.1, 0.15) is 0 Å². The molecule has 1 N–H and O–H groups in total. The third-order valence-electron chi connectivity index (χ3n) is 2.88. The summed E-state index contributed by atoms with van der Waals surface area (Å²) in [6.07, 6.45) is 4.92. The predicted octanol–water partition coefficient (Wildman–Crippen LogP) is 2.29. The minimum absolute atomic E-state index is 0.553. The first-order valence-electron chi connectivity index (χ1n) is 6.60. The van der Waals surface area contributed by atoms with Gasteiger partial charge in [-0.05, 0) is 44.1 Å². The number of likely N-dealkylation sites (N-methyl/N-ethyl adjacent to an activating group) is 1. The Morgan fingerprint density at radius 2 is 2.00 bits per heavy atom. The Morgan fingerprint density at radius 3 is 2.59 bits per heavy atom. The molecule has 96 valence electrons. The summed E-state index contributed by atoms with van der Waals surface area (Å²) in [7, 11) is 0. The van der Waals surface area contributed by atoms with E-state index in [9.17, 15) is 0 Å². The van der Waals surface area contributed by atoms with Crippen molar-refractivity contribution in [2.45, 2.75) is 39.8 Å². The van der Waals surface area contributed by atoms with Crippen molar-refractivity contribution in [3.8, 4) is 0 Å². The lowest BCUT2D eigenvalue weighted by atomic mass is 10.2. The molecule has 0 amide bonds. The van der Waals surface area contributed by atoms with E-state index in [0.717, 1.165) is 26.2 Å². The highest BCUT2D eigenvalue weighted by Crippen LogP contribution is 2.03. The van der Waals surface area contributed by atoms with Gasteiger partial charge in [0.25, 0.3) is 0 Å². The van der Waals surface area contributed by atoms with E-state index in [-0.39, 0.29) is 0 Å². The van der Waals surface area contributed by atoms with Crippen molar-refractivity contribution in [3.05, 3.63) is 30.1 Å². The molecule has 1 atom stereocenters. The largest absolute Gasteiger partial charge is 0.313 e. The predicted molar refractivity (Wildman–Crippen MR) is 72.9 cm³/mol. The van der Waals surface area contributed by atoms with E-state index < -0.39 is 0 Å². The Labute approximate surface area is 105 Å². The second kappa shape index (κ2) is 8.20. The van der Waals surface area contributed by atoms with Gasteiger partial charge in [0.15, 0.2) is 0 Å². The molecule has 0 aromatic carbocycles. The lowest BCUT2D eigenvalue weighted by Gasteiger charge is -2.25. The van der Waals surface area contributed by atoms with Gasteiger partial charge in [-0.2, -0.15) is 0 Å². The van der Waals surface area contributed by atoms with E-state index in [1.807, 2.05) is 12.4 Å². The van der Waals surface area contributed by atoms with Crippen LogP contribution in [0.25, 0.3) is 0 Å². The molecule has 0 bridgehead atoms. The number of hydrogen-bond donors (Lipinski definition) is 1. The lowest BCUT2D eigenvalue weighted by Crippen LogP contribution is -2.39. The minimum atomic E-state index is 0.553. The third kappa shape index (κ3) is 5.80. The van der Waals surface area contributed by atoms with E-state index in [1.165, 1.54) is 12.0 Å². The second-order valence-electron chi connectivity index (χ2n) is 4.54. The van der Waals surface area contributed by atoms with Crippen LogP contribution in [-0.4, -0.2) is 35.6 Å². The van der Waals surface area contributed by atoms with Crippen molar-refractivity contribution < 1.29 is 0 Å². The van der Waals surface area contributed by atoms with E-state index in [4.69, 9.17) is 0 Å². The lowest BCUT2D eigenvalue weighted by molar-refractivity contribution is 0.251. The average molecular weight is 235 g/mol. The van der Waals surface area contributed by atoms with Crippen molar-refractivity contribution in [3.63, 3.8) is 0 Å². The van der Waals surface area contributed by atoms with Gasteiger partial charge in [0.05, 0.1) is 0 Å². The van der Waals surface area contributed by atoms with Crippen LogP contribution in [0.4, 0.5) is 0 Å². The van der Waals surface area contributed by atoms with E-state index in [0.29, 0.717) is 6.04 Å². The van der Waals surface area contributed by atoms with E-state index in [2.05, 4.69) is 48.1 Å². The number of nitrogens with zero attached hydrogens (tertiary/aromatic N) is 2. The molecular formula is C14H25N3. The fourth-order valence-electron chi connectivity index (χ4n) is 1.89. The minimum Gasteiger partial charge on any atom is -0.313 e. The first kappa shape index (κ1) is 14.1. The standard InChI is InChI=1S/C14H25N3/c1-4-8-16-13(3)11-17(5-2)12-14-6-9-15-10-7-14/h6-7,9-10,13,16H,4-5,8,11-12H2,1-3H3. The Hall–Kier alpha value is -0.930. The molecule has 1 unspecified atom stereocenters. The van der Waals surface area contributed by atoms with Gasteiger partial charge in [-0.1, -0.05) is 13.8 Å². The zero-order valence-electron chi connectivity index (χ0n) is 11.3. The number of nitrogens with one attached hydrogen (secondary N) is 1. The summed E-state index contributed by atoms with van der Waals surface area (Å²) in [6.45, 7) is 11.0. The van der Waals surface area contributed by atoms with Crippen molar-refractivity contribution in [2.24, 2.45) is 0 Å². The number of rotatable bonds is 8. The Bertz CT molecular complexity index is 287. The van der Waals surface area contributed by atoms with Crippen molar-refractivity contribution in [2.75, 3.05) is 19.6 Å². The molecule has 0 aliphatic carbocycles. The zero-order chi connectivity index (χ0) is 12.5. The molecule has 1 rings (SSSR count). The number of hydrogen-bond acceptors (Lipinski definition) is 3. The summed E-state index contributed by atoms with van der Waals surface area (Å²) in [5.41, 5.74) is 1.34. The quantitative estimate of drug-likeness (QED) is 0.749. The van der Waals surface area contributed by atoms with Gasteiger partial charge < -0.3 is 5.32 Å². The van der Waals surface area contributed by atoms with Crippen LogP contribution in [0.15, 0.2) is 24.5 Å². The average Bonchev–Trinajstić information content (AvgIpc) is 2.36. The van der Waals surface area contributed by atoms with Gasteiger partial charge in [-0.15, -0.1) is 0 Å². The van der Waals surface area contributed by atoms with Crippen molar-refractivity contribution in [1.82, 2.24) is 15.2 Å². The van der Waals surface area contributed by atoms with E-state index in [1.54, 1.807) is 0 Å². The normalized spacial score (nSPS) is 12.9. The first-order valence-corrected chi connectivity index (χ1v) is 6.60. The van der Waals surface area contributed by atoms with Gasteiger partial charge in [-0.25, -0.2) is 0 Å². The molecule has 17 heavy (non-hydrogen) atoms. The molecule has 3 heteroatoms. The summed E-state index contributed by atoms with van der Waals surface area (Å²) in [4.78, 5) is 6.51. The molecular weight excluding hydrogens is 210 g/mol. The Morgan fingerprint density at radius 1 is 1.29 bits per heavy atom. The maximum Gasteiger partial charge on any atom is 0.0271 e. The van der Waals surface area contributed by atoms with Gasteiger partial charge in [-0.3, -0.25) is 9.88 Å². The summed E-state index contributed by atoms with van der Waals surface area (Å²) in [6, 6.07) is 4.73. The van der Waals surface area contributed by atoms with Crippen LogP contribution in [0.3, 0.4) is 0 Å². The van der Waals surface area contributed by atoms with E-state index >= 15 is 0 Å². The smallest absolute Gasteiger partial charge is 0.0271 e. The molecule has 1 aromatic rings. The van der Waals surface area contributed by atoms with Crippen molar-refractivity contribution >= 4 is 0 Å². The van der Waals surface area contributed by atoms with Gasteiger partial charge >= 0.3 is 0 Å². The highest BCUT2D eigenvalue weighted by molar-refractivity contribution is 5.09. The summed E-state index contributed by atoms with van der Waals surface area (Å²) in [5.74, 6) is 0. The maximum absolute atomic E-state index is 4.05. The first-order chi connectivity index (χ1) is 8.26. The topological polar surface area (TPSA) is 28.2 Å². The van der Waals surface area contributed by atoms with Gasteiger partial charge in [0.2, 0.25) is 0 Å². The summed E-state index contributed by atoms with van der Waals surface area (Å²) < 4.78 is 0. The molecule has 1 aromatic heterocycles. The highest BCUT2D eigenvalue weighted by Gasteiger charge is 2.08. The van der Waals surface area contributed by atoms with Crippen LogP contribution in [0.5, 0.6) is 0 Å². The third-order valence-corrected chi connectivity index (χ3v) is 2.88. The van der Waals surface area contributed by atoms with Crippen molar-refractivity contribution in [1.29, 1.82) is 0 Å². The molecule has 0 radical (unpaired) electrons. The fraction of sp³-hybridized carbons (Fsp3) is 0.643. The maximum atomic E-state index is 4.05. The monoisotopic (exact) mass is 235 g/mol. The van der Waals surface area contributed by atoms with Crippen LogP contribution in [0.1, 0.15) is 32.8 Å². The molecule has 0 fully saturated rings. The van der Waals surface area contributed by atoms with Crippen LogP contribution in [-0.2, 0) is 6.54 Å². The van der Waals surface area contributed by atoms with Crippen LogP contribution in [0, 0.1) is 0 Å². The molecule has 0 spiro atoms.